The summed E-state index contributed by atoms with van der Waals surface area (Å²) in [5.41, 5.74) is 4.46. The summed E-state index contributed by atoms with van der Waals surface area (Å²) in [4.78, 5) is 0. The van der Waals surface area contributed by atoms with Crippen molar-refractivity contribution in [3.8, 4) is 28.0 Å². The Bertz CT molecular complexity index is 1010. The van der Waals surface area contributed by atoms with Gasteiger partial charge in [0.15, 0.2) is 11.6 Å². The van der Waals surface area contributed by atoms with Gasteiger partial charge in [-0.3, -0.25) is 0 Å². The first-order chi connectivity index (χ1) is 17.1. The minimum absolute atomic E-state index is 0.0135. The van der Waals surface area contributed by atoms with Crippen LogP contribution in [-0.2, 0) is 6.42 Å². The highest BCUT2D eigenvalue weighted by Crippen LogP contribution is 2.31. The number of hydrogen-bond donors (Lipinski definition) is 0. The zero-order valence-corrected chi connectivity index (χ0v) is 21.4. The van der Waals surface area contributed by atoms with E-state index in [-0.39, 0.29) is 11.3 Å². The summed E-state index contributed by atoms with van der Waals surface area (Å²) in [6.07, 6.45) is 13.1. The number of ether oxygens (including phenoxy) is 1. The number of aryl methyl sites for hydroxylation is 1. The fourth-order valence-corrected chi connectivity index (χ4v) is 4.39. The molecular weight excluding hydrogens is 438 g/mol. The Kier molecular flexibility index (Phi) is 11.3. The number of unbranched alkanes of at least 4 members (excludes halogenated alkanes) is 8. The molecule has 0 aliphatic rings. The molecule has 0 radical (unpaired) electrons. The number of benzene rings is 3. The lowest BCUT2D eigenvalue weighted by molar-refractivity contribution is 0.285. The molecule has 3 heteroatoms. The van der Waals surface area contributed by atoms with Crippen LogP contribution in [-0.4, -0.2) is 6.61 Å². The molecule has 0 saturated heterocycles. The van der Waals surface area contributed by atoms with E-state index in [1.54, 1.807) is 6.07 Å². The third kappa shape index (κ3) is 8.19. The van der Waals surface area contributed by atoms with Crippen molar-refractivity contribution in [2.45, 2.75) is 84.5 Å². The quantitative estimate of drug-likeness (QED) is 0.197. The van der Waals surface area contributed by atoms with Crippen molar-refractivity contribution < 1.29 is 13.5 Å². The zero-order chi connectivity index (χ0) is 24.9. The van der Waals surface area contributed by atoms with E-state index < -0.39 is 11.6 Å². The highest BCUT2D eigenvalue weighted by Gasteiger charge is 2.16. The fourth-order valence-electron chi connectivity index (χ4n) is 4.39. The molecule has 3 aromatic carbocycles. The summed E-state index contributed by atoms with van der Waals surface area (Å²) < 4.78 is 34.8. The minimum Gasteiger partial charge on any atom is -0.490 e. The van der Waals surface area contributed by atoms with E-state index in [4.69, 9.17) is 4.74 Å². The van der Waals surface area contributed by atoms with Crippen LogP contribution in [0.5, 0.6) is 5.75 Å². The molecule has 0 unspecified atom stereocenters. The second-order valence-electron chi connectivity index (χ2n) is 9.44. The van der Waals surface area contributed by atoms with E-state index in [1.807, 2.05) is 24.3 Å². The van der Waals surface area contributed by atoms with Crippen LogP contribution in [0.15, 0.2) is 60.7 Å². The SMILES string of the molecule is CCCCCCCCc1ccc(-c2ccc(-c3ccc(OCCCCCC)c(F)c3F)cc2)cc1. The molecule has 0 amide bonds. The molecule has 0 atom stereocenters. The molecule has 0 saturated carbocycles. The van der Waals surface area contributed by atoms with E-state index in [1.165, 1.54) is 50.2 Å². The van der Waals surface area contributed by atoms with Gasteiger partial charge in [0.05, 0.1) is 6.61 Å². The van der Waals surface area contributed by atoms with Crippen LogP contribution < -0.4 is 4.74 Å². The van der Waals surface area contributed by atoms with Crippen LogP contribution in [0.4, 0.5) is 8.78 Å². The molecule has 0 spiro atoms. The highest BCUT2D eigenvalue weighted by molar-refractivity contribution is 5.71. The Morgan fingerprint density at radius 3 is 1.74 bits per heavy atom. The Hall–Kier alpha value is -2.68. The standard InChI is InChI=1S/C32H40F2O/c1-3-5-7-9-10-11-13-25-14-16-26(17-15-25)27-18-20-28(21-19-27)29-22-23-30(32(34)31(29)33)35-24-12-8-6-4-2/h14-23H,3-13,24H2,1-2H3. The Balaban J connectivity index is 1.58. The second kappa shape index (κ2) is 14.7. The van der Waals surface area contributed by atoms with Crippen molar-refractivity contribution in [3.63, 3.8) is 0 Å². The molecule has 188 valence electrons. The number of hydrogen-bond acceptors (Lipinski definition) is 1. The van der Waals surface area contributed by atoms with Gasteiger partial charge in [0, 0.05) is 5.56 Å². The maximum atomic E-state index is 14.8. The second-order valence-corrected chi connectivity index (χ2v) is 9.44. The third-order valence-corrected chi connectivity index (χ3v) is 6.60. The lowest BCUT2D eigenvalue weighted by Gasteiger charge is -2.11. The molecule has 0 aromatic heterocycles. The maximum Gasteiger partial charge on any atom is 0.201 e. The van der Waals surface area contributed by atoms with E-state index in [9.17, 15) is 8.78 Å². The summed E-state index contributed by atoms with van der Waals surface area (Å²) in [5, 5.41) is 0. The maximum absolute atomic E-state index is 14.8. The normalized spacial score (nSPS) is 11.1. The fraction of sp³-hybridized carbons (Fsp3) is 0.438. The van der Waals surface area contributed by atoms with Crippen molar-refractivity contribution in [1.82, 2.24) is 0 Å². The molecule has 0 aliphatic heterocycles. The van der Waals surface area contributed by atoms with Gasteiger partial charge >= 0.3 is 0 Å². The van der Waals surface area contributed by atoms with Crippen molar-refractivity contribution in [3.05, 3.63) is 77.9 Å². The van der Waals surface area contributed by atoms with Gasteiger partial charge in [-0.1, -0.05) is 114 Å². The molecular formula is C32H40F2O. The Morgan fingerprint density at radius 2 is 1.09 bits per heavy atom. The van der Waals surface area contributed by atoms with E-state index in [0.29, 0.717) is 12.2 Å². The molecule has 3 aromatic rings. The summed E-state index contributed by atoms with van der Waals surface area (Å²) in [6, 6.07) is 19.5. The minimum atomic E-state index is -0.914. The van der Waals surface area contributed by atoms with Crippen molar-refractivity contribution in [2.75, 3.05) is 6.61 Å². The van der Waals surface area contributed by atoms with Gasteiger partial charge in [0.1, 0.15) is 0 Å². The van der Waals surface area contributed by atoms with Crippen LogP contribution in [0.3, 0.4) is 0 Å². The molecule has 35 heavy (non-hydrogen) atoms. The van der Waals surface area contributed by atoms with Gasteiger partial charge in [0.25, 0.3) is 0 Å². The predicted octanol–water partition coefficient (Wildman–Crippen LogP) is 10.2. The van der Waals surface area contributed by atoms with Crippen LogP contribution in [0, 0.1) is 11.6 Å². The van der Waals surface area contributed by atoms with Crippen LogP contribution in [0.25, 0.3) is 22.3 Å². The molecule has 0 fully saturated rings. The van der Waals surface area contributed by atoms with E-state index in [2.05, 4.69) is 38.1 Å². The highest BCUT2D eigenvalue weighted by atomic mass is 19.2. The first-order valence-electron chi connectivity index (χ1n) is 13.4. The number of rotatable bonds is 15. The van der Waals surface area contributed by atoms with Crippen molar-refractivity contribution >= 4 is 0 Å². The van der Waals surface area contributed by atoms with E-state index in [0.717, 1.165) is 43.2 Å². The topological polar surface area (TPSA) is 9.23 Å². The van der Waals surface area contributed by atoms with Gasteiger partial charge in [-0.2, -0.15) is 4.39 Å². The van der Waals surface area contributed by atoms with Crippen molar-refractivity contribution in [1.29, 1.82) is 0 Å². The largest absolute Gasteiger partial charge is 0.490 e. The van der Waals surface area contributed by atoms with Crippen LogP contribution in [0.1, 0.15) is 83.6 Å². The summed E-state index contributed by atoms with van der Waals surface area (Å²) >= 11 is 0. The molecule has 0 heterocycles. The third-order valence-electron chi connectivity index (χ3n) is 6.60. The first kappa shape index (κ1) is 26.9. The monoisotopic (exact) mass is 478 g/mol. The van der Waals surface area contributed by atoms with Gasteiger partial charge < -0.3 is 4.74 Å². The molecule has 0 N–H and O–H groups in total. The summed E-state index contributed by atoms with van der Waals surface area (Å²) in [7, 11) is 0. The lowest BCUT2D eigenvalue weighted by Crippen LogP contribution is -2.01. The summed E-state index contributed by atoms with van der Waals surface area (Å²) in [6.45, 7) is 4.79. The number of halogens is 2. The molecule has 0 aliphatic carbocycles. The molecule has 0 bridgehead atoms. The van der Waals surface area contributed by atoms with Crippen molar-refractivity contribution in [2.24, 2.45) is 0 Å². The predicted molar refractivity (Wildman–Crippen MR) is 144 cm³/mol. The average Bonchev–Trinajstić information content (AvgIpc) is 2.89. The van der Waals surface area contributed by atoms with Gasteiger partial charge in [-0.25, -0.2) is 4.39 Å². The lowest BCUT2D eigenvalue weighted by atomic mass is 9.98. The first-order valence-corrected chi connectivity index (χ1v) is 13.4. The van der Waals surface area contributed by atoms with Gasteiger partial charge in [-0.15, -0.1) is 0 Å². The smallest absolute Gasteiger partial charge is 0.201 e. The summed E-state index contributed by atoms with van der Waals surface area (Å²) in [5.74, 6) is -1.79. The van der Waals surface area contributed by atoms with Gasteiger partial charge in [0.2, 0.25) is 5.82 Å². The Morgan fingerprint density at radius 1 is 0.543 bits per heavy atom. The molecule has 1 nitrogen and oxygen atoms in total. The average molecular weight is 479 g/mol. The zero-order valence-electron chi connectivity index (χ0n) is 21.4. The van der Waals surface area contributed by atoms with Gasteiger partial charge in [-0.05, 0) is 53.6 Å². The molecule has 3 rings (SSSR count). The Labute approximate surface area is 210 Å². The van der Waals surface area contributed by atoms with Crippen LogP contribution in [0.2, 0.25) is 0 Å². The van der Waals surface area contributed by atoms with Crippen LogP contribution >= 0.6 is 0 Å². The van der Waals surface area contributed by atoms with E-state index >= 15 is 0 Å².